The lowest BCUT2D eigenvalue weighted by molar-refractivity contribution is -0.150. The Labute approximate surface area is 108 Å². The van der Waals surface area contributed by atoms with Crippen LogP contribution >= 0.6 is 0 Å². The number of aliphatic carboxylic acids is 1. The number of rotatable bonds is 2. The summed E-state index contributed by atoms with van der Waals surface area (Å²) >= 11 is 0. The standard InChI is InChI=1S/C13H12FNO4/c14-9-6-4-8(5-7-9)12(17)15-10(13(18)19)2-1-3-11(15)16/h4-7,10H,1-3H2,(H,18,19). The van der Waals surface area contributed by atoms with Crippen LogP contribution in [0.1, 0.15) is 29.6 Å². The van der Waals surface area contributed by atoms with Crippen LogP contribution in [0.3, 0.4) is 0 Å². The van der Waals surface area contributed by atoms with Gasteiger partial charge >= 0.3 is 5.97 Å². The molecule has 2 rings (SSSR count). The van der Waals surface area contributed by atoms with Crippen molar-refractivity contribution in [1.29, 1.82) is 0 Å². The first kappa shape index (κ1) is 13.2. The van der Waals surface area contributed by atoms with E-state index in [1.807, 2.05) is 0 Å². The van der Waals surface area contributed by atoms with Crippen molar-refractivity contribution in [3.05, 3.63) is 35.6 Å². The number of carboxylic acids is 1. The molecule has 5 nitrogen and oxygen atoms in total. The molecular weight excluding hydrogens is 253 g/mol. The minimum Gasteiger partial charge on any atom is -0.480 e. The average Bonchev–Trinajstić information content (AvgIpc) is 2.38. The average molecular weight is 265 g/mol. The van der Waals surface area contributed by atoms with Gasteiger partial charge in [0.15, 0.2) is 0 Å². The summed E-state index contributed by atoms with van der Waals surface area (Å²) < 4.78 is 12.8. The number of amides is 2. The molecule has 0 spiro atoms. The molecule has 0 aromatic heterocycles. The van der Waals surface area contributed by atoms with Crippen molar-refractivity contribution < 1.29 is 23.9 Å². The Kier molecular flexibility index (Phi) is 3.59. The van der Waals surface area contributed by atoms with E-state index < -0.39 is 29.6 Å². The van der Waals surface area contributed by atoms with Gasteiger partial charge in [-0.3, -0.25) is 14.5 Å². The molecule has 0 bridgehead atoms. The summed E-state index contributed by atoms with van der Waals surface area (Å²) in [6, 6.07) is 3.52. The highest BCUT2D eigenvalue weighted by molar-refractivity contribution is 6.07. The maximum Gasteiger partial charge on any atom is 0.326 e. The van der Waals surface area contributed by atoms with Gasteiger partial charge in [-0.15, -0.1) is 0 Å². The van der Waals surface area contributed by atoms with Crippen LogP contribution < -0.4 is 0 Å². The lowest BCUT2D eigenvalue weighted by Crippen LogP contribution is -2.51. The summed E-state index contributed by atoms with van der Waals surface area (Å²) in [6.45, 7) is 0. The van der Waals surface area contributed by atoms with E-state index in [2.05, 4.69) is 0 Å². The van der Waals surface area contributed by atoms with Gasteiger partial charge in [-0.1, -0.05) is 0 Å². The number of carbonyl (C=O) groups excluding carboxylic acids is 2. The number of hydrogen-bond donors (Lipinski definition) is 1. The molecule has 0 aliphatic carbocycles. The highest BCUT2D eigenvalue weighted by Gasteiger charge is 2.37. The molecule has 1 aromatic carbocycles. The van der Waals surface area contributed by atoms with E-state index in [0.717, 1.165) is 17.0 Å². The number of carbonyl (C=O) groups is 3. The summed E-state index contributed by atoms with van der Waals surface area (Å²) in [6.07, 6.45) is 0.841. The van der Waals surface area contributed by atoms with Gasteiger partial charge in [-0.25, -0.2) is 9.18 Å². The van der Waals surface area contributed by atoms with Crippen LogP contribution in [-0.4, -0.2) is 33.8 Å². The molecule has 1 aliphatic rings. The van der Waals surface area contributed by atoms with Crippen molar-refractivity contribution in [2.75, 3.05) is 0 Å². The first-order valence-corrected chi connectivity index (χ1v) is 5.85. The van der Waals surface area contributed by atoms with E-state index >= 15 is 0 Å². The molecular formula is C13H12FNO4. The van der Waals surface area contributed by atoms with Gasteiger partial charge in [0.1, 0.15) is 11.9 Å². The molecule has 0 radical (unpaired) electrons. The van der Waals surface area contributed by atoms with E-state index in [1.54, 1.807) is 0 Å². The number of imide groups is 1. The first-order chi connectivity index (χ1) is 9.00. The van der Waals surface area contributed by atoms with Crippen LogP contribution in [-0.2, 0) is 9.59 Å². The van der Waals surface area contributed by atoms with Gasteiger partial charge in [-0.2, -0.15) is 0 Å². The lowest BCUT2D eigenvalue weighted by Gasteiger charge is -2.31. The molecule has 2 amide bonds. The molecule has 6 heteroatoms. The van der Waals surface area contributed by atoms with Crippen LogP contribution in [0.25, 0.3) is 0 Å². The molecule has 100 valence electrons. The van der Waals surface area contributed by atoms with E-state index in [4.69, 9.17) is 5.11 Å². The van der Waals surface area contributed by atoms with Crippen LogP contribution in [0.4, 0.5) is 4.39 Å². The third kappa shape index (κ3) is 2.62. The quantitative estimate of drug-likeness (QED) is 0.821. The van der Waals surface area contributed by atoms with Crippen LogP contribution in [0, 0.1) is 5.82 Å². The Morgan fingerprint density at radius 2 is 1.89 bits per heavy atom. The second kappa shape index (κ2) is 5.17. The summed E-state index contributed by atoms with van der Waals surface area (Å²) in [5.74, 6) is -2.91. The smallest absolute Gasteiger partial charge is 0.326 e. The maximum atomic E-state index is 12.8. The zero-order valence-corrected chi connectivity index (χ0v) is 10.0. The highest BCUT2D eigenvalue weighted by atomic mass is 19.1. The SMILES string of the molecule is O=C(O)C1CCCC(=O)N1C(=O)c1ccc(F)cc1. The fourth-order valence-electron chi connectivity index (χ4n) is 2.09. The number of halogens is 1. The molecule has 1 saturated heterocycles. The number of benzene rings is 1. The van der Waals surface area contributed by atoms with Crippen molar-refractivity contribution in [1.82, 2.24) is 4.90 Å². The van der Waals surface area contributed by atoms with Gasteiger partial charge < -0.3 is 5.11 Å². The van der Waals surface area contributed by atoms with Gasteiger partial charge in [0.25, 0.3) is 5.91 Å². The number of carboxylic acid groups (broad SMARTS) is 1. The van der Waals surface area contributed by atoms with E-state index in [0.29, 0.717) is 6.42 Å². The topological polar surface area (TPSA) is 74.7 Å². The van der Waals surface area contributed by atoms with Crippen LogP contribution in [0.2, 0.25) is 0 Å². The third-order valence-corrected chi connectivity index (χ3v) is 3.04. The third-order valence-electron chi connectivity index (χ3n) is 3.04. The Morgan fingerprint density at radius 1 is 1.26 bits per heavy atom. The monoisotopic (exact) mass is 265 g/mol. The minimum atomic E-state index is -1.21. The largest absolute Gasteiger partial charge is 0.480 e. The van der Waals surface area contributed by atoms with Crippen molar-refractivity contribution >= 4 is 17.8 Å². The second-order valence-electron chi connectivity index (χ2n) is 4.32. The Balaban J connectivity index is 2.30. The normalized spacial score (nSPS) is 19.3. The molecule has 1 unspecified atom stereocenters. The fourth-order valence-corrected chi connectivity index (χ4v) is 2.09. The summed E-state index contributed by atoms with van der Waals surface area (Å²) in [4.78, 5) is 35.8. The fraction of sp³-hybridized carbons (Fsp3) is 0.308. The molecule has 1 atom stereocenters. The van der Waals surface area contributed by atoms with Crippen molar-refractivity contribution in [3.63, 3.8) is 0 Å². The number of piperidine rings is 1. The summed E-state index contributed by atoms with van der Waals surface area (Å²) in [5, 5.41) is 9.06. The van der Waals surface area contributed by atoms with Crippen LogP contribution in [0.15, 0.2) is 24.3 Å². The molecule has 1 aliphatic heterocycles. The molecule has 1 heterocycles. The van der Waals surface area contributed by atoms with E-state index in [1.165, 1.54) is 12.1 Å². The highest BCUT2D eigenvalue weighted by Crippen LogP contribution is 2.21. The van der Waals surface area contributed by atoms with E-state index in [9.17, 15) is 18.8 Å². The number of hydrogen-bond acceptors (Lipinski definition) is 3. The predicted octanol–water partition coefficient (Wildman–Crippen LogP) is 1.43. The van der Waals surface area contributed by atoms with Crippen molar-refractivity contribution in [3.8, 4) is 0 Å². The Hall–Kier alpha value is -2.24. The Morgan fingerprint density at radius 3 is 2.47 bits per heavy atom. The molecule has 1 fully saturated rings. The first-order valence-electron chi connectivity index (χ1n) is 5.85. The zero-order chi connectivity index (χ0) is 14.0. The summed E-state index contributed by atoms with van der Waals surface area (Å²) in [5.41, 5.74) is 0.0999. The number of likely N-dealkylation sites (tertiary alicyclic amines) is 1. The molecule has 1 N–H and O–H groups in total. The van der Waals surface area contributed by atoms with Crippen LogP contribution in [0.5, 0.6) is 0 Å². The minimum absolute atomic E-state index is 0.0999. The van der Waals surface area contributed by atoms with Crippen molar-refractivity contribution in [2.24, 2.45) is 0 Å². The van der Waals surface area contributed by atoms with Crippen molar-refractivity contribution in [2.45, 2.75) is 25.3 Å². The van der Waals surface area contributed by atoms with Gasteiger partial charge in [0.05, 0.1) is 0 Å². The number of nitrogens with zero attached hydrogens (tertiary/aromatic N) is 1. The van der Waals surface area contributed by atoms with Gasteiger partial charge in [-0.05, 0) is 37.1 Å². The summed E-state index contributed by atoms with van der Waals surface area (Å²) in [7, 11) is 0. The molecule has 19 heavy (non-hydrogen) atoms. The predicted molar refractivity (Wildman–Crippen MR) is 62.9 cm³/mol. The molecule has 0 saturated carbocycles. The lowest BCUT2D eigenvalue weighted by atomic mass is 10.00. The Bertz CT molecular complexity index is 526. The zero-order valence-electron chi connectivity index (χ0n) is 10.0. The molecule has 1 aromatic rings. The maximum absolute atomic E-state index is 12.8. The van der Waals surface area contributed by atoms with Gasteiger partial charge in [0.2, 0.25) is 5.91 Å². The second-order valence-corrected chi connectivity index (χ2v) is 4.32. The van der Waals surface area contributed by atoms with Gasteiger partial charge in [0, 0.05) is 12.0 Å². The van der Waals surface area contributed by atoms with E-state index in [-0.39, 0.29) is 18.4 Å².